The number of nitro groups is 2. The van der Waals surface area contributed by atoms with Gasteiger partial charge in [0.1, 0.15) is 5.69 Å². The average molecular weight is 280 g/mol. The number of hydrogen-bond acceptors (Lipinski definition) is 6. The van der Waals surface area contributed by atoms with E-state index in [9.17, 15) is 20.2 Å². The minimum atomic E-state index is -0.640. The van der Waals surface area contributed by atoms with Crippen LogP contribution >= 0.6 is 0 Å². The van der Waals surface area contributed by atoms with Gasteiger partial charge >= 0.3 is 0 Å². The second-order valence-electron chi connectivity index (χ2n) is 4.72. The van der Waals surface area contributed by atoms with E-state index in [1.54, 1.807) is 0 Å². The molecule has 1 atom stereocenters. The summed E-state index contributed by atoms with van der Waals surface area (Å²) in [5.74, 6) is 0. The van der Waals surface area contributed by atoms with Crippen LogP contribution in [0.5, 0.6) is 0 Å². The molecule has 8 nitrogen and oxygen atoms in total. The fourth-order valence-electron chi connectivity index (χ4n) is 2.32. The van der Waals surface area contributed by atoms with Gasteiger partial charge < -0.3 is 10.6 Å². The second-order valence-corrected chi connectivity index (χ2v) is 4.72. The molecule has 1 saturated heterocycles. The van der Waals surface area contributed by atoms with Gasteiger partial charge in [-0.2, -0.15) is 0 Å². The van der Waals surface area contributed by atoms with Crippen molar-refractivity contribution < 1.29 is 9.85 Å². The number of hydrogen-bond donors (Lipinski definition) is 2. The van der Waals surface area contributed by atoms with Gasteiger partial charge in [-0.1, -0.05) is 0 Å². The summed E-state index contributed by atoms with van der Waals surface area (Å²) >= 11 is 0. The molecule has 1 aromatic rings. The molecule has 0 aromatic heterocycles. The van der Waals surface area contributed by atoms with Crippen LogP contribution in [0, 0.1) is 20.2 Å². The first kappa shape index (κ1) is 14.2. The van der Waals surface area contributed by atoms with Gasteiger partial charge in [0.15, 0.2) is 0 Å². The molecule has 2 rings (SSSR count). The predicted molar refractivity (Wildman–Crippen MR) is 73.9 cm³/mol. The van der Waals surface area contributed by atoms with E-state index in [4.69, 9.17) is 0 Å². The number of nitrogens with zero attached hydrogens (tertiary/aromatic N) is 2. The van der Waals surface area contributed by atoms with E-state index in [0.717, 1.165) is 31.9 Å². The number of benzene rings is 1. The third-order valence-electron chi connectivity index (χ3n) is 3.36. The Morgan fingerprint density at radius 1 is 1.30 bits per heavy atom. The highest BCUT2D eigenvalue weighted by Crippen LogP contribution is 2.28. The molecule has 0 amide bonds. The van der Waals surface area contributed by atoms with Crippen LogP contribution in [-0.4, -0.2) is 29.0 Å². The van der Waals surface area contributed by atoms with Crippen molar-refractivity contribution in [3.63, 3.8) is 0 Å². The molecule has 1 aliphatic heterocycles. The molecule has 2 N–H and O–H groups in total. The SMILES string of the molecule is O=[N+]([O-])c1ccc(NCC[C@@H]2CCCN2)c([N+](=O)[O-])c1. The van der Waals surface area contributed by atoms with Crippen LogP contribution in [0.2, 0.25) is 0 Å². The Bertz CT molecular complexity index is 514. The second kappa shape index (κ2) is 6.29. The first-order chi connectivity index (χ1) is 9.58. The summed E-state index contributed by atoms with van der Waals surface area (Å²) < 4.78 is 0. The Kier molecular flexibility index (Phi) is 4.46. The zero-order chi connectivity index (χ0) is 14.5. The van der Waals surface area contributed by atoms with Crippen LogP contribution in [0.3, 0.4) is 0 Å². The molecule has 108 valence electrons. The zero-order valence-corrected chi connectivity index (χ0v) is 10.9. The fraction of sp³-hybridized carbons (Fsp3) is 0.500. The normalized spacial score (nSPS) is 17.9. The first-order valence-electron chi connectivity index (χ1n) is 6.48. The molecule has 8 heteroatoms. The largest absolute Gasteiger partial charge is 0.379 e. The third-order valence-corrected chi connectivity index (χ3v) is 3.36. The third kappa shape index (κ3) is 3.41. The molecule has 1 heterocycles. The van der Waals surface area contributed by atoms with Crippen molar-refractivity contribution in [1.29, 1.82) is 0 Å². The summed E-state index contributed by atoms with van der Waals surface area (Å²) in [6.07, 6.45) is 3.14. The first-order valence-corrected chi connectivity index (χ1v) is 6.48. The number of anilines is 1. The summed E-state index contributed by atoms with van der Waals surface area (Å²) in [6.45, 7) is 1.61. The topological polar surface area (TPSA) is 110 Å². The van der Waals surface area contributed by atoms with Crippen LogP contribution in [0.15, 0.2) is 18.2 Å². The molecule has 1 fully saturated rings. The lowest BCUT2D eigenvalue weighted by Gasteiger charge is -2.11. The maximum absolute atomic E-state index is 10.9. The summed E-state index contributed by atoms with van der Waals surface area (Å²) in [5.41, 5.74) is -0.225. The van der Waals surface area contributed by atoms with Crippen molar-refractivity contribution in [2.75, 3.05) is 18.4 Å². The van der Waals surface area contributed by atoms with Gasteiger partial charge in [-0.3, -0.25) is 20.2 Å². The lowest BCUT2D eigenvalue weighted by atomic mass is 10.1. The van der Waals surface area contributed by atoms with Crippen molar-refractivity contribution in [3.8, 4) is 0 Å². The minimum Gasteiger partial charge on any atom is -0.379 e. The van der Waals surface area contributed by atoms with E-state index in [0.29, 0.717) is 18.3 Å². The molecule has 0 aliphatic carbocycles. The molecule has 1 aromatic carbocycles. The number of nitrogens with one attached hydrogen (secondary N) is 2. The predicted octanol–water partition coefficient (Wildman–Crippen LogP) is 2.06. The lowest BCUT2D eigenvalue weighted by Crippen LogP contribution is -2.24. The van der Waals surface area contributed by atoms with Gasteiger partial charge in [0.2, 0.25) is 0 Å². The summed E-state index contributed by atoms with van der Waals surface area (Å²) in [6, 6.07) is 4.08. The zero-order valence-electron chi connectivity index (χ0n) is 10.9. The van der Waals surface area contributed by atoms with Crippen LogP contribution in [0.25, 0.3) is 0 Å². The molecule has 0 unspecified atom stereocenters. The Morgan fingerprint density at radius 3 is 2.70 bits per heavy atom. The molecule has 0 radical (unpaired) electrons. The molecule has 20 heavy (non-hydrogen) atoms. The van der Waals surface area contributed by atoms with Gasteiger partial charge in [0.25, 0.3) is 11.4 Å². The van der Waals surface area contributed by atoms with E-state index in [2.05, 4.69) is 10.6 Å². The minimum absolute atomic E-state index is 0.265. The van der Waals surface area contributed by atoms with Crippen molar-refractivity contribution in [3.05, 3.63) is 38.4 Å². The Morgan fingerprint density at radius 2 is 2.10 bits per heavy atom. The Hall–Kier alpha value is -2.22. The van der Waals surface area contributed by atoms with E-state index in [-0.39, 0.29) is 11.4 Å². The number of non-ortho nitro benzene ring substituents is 1. The molecule has 1 aliphatic rings. The van der Waals surface area contributed by atoms with Crippen molar-refractivity contribution >= 4 is 17.1 Å². The summed E-state index contributed by atoms with van der Waals surface area (Å²) in [7, 11) is 0. The van der Waals surface area contributed by atoms with E-state index in [1.165, 1.54) is 12.1 Å². The Labute approximate surface area is 115 Å². The van der Waals surface area contributed by atoms with E-state index in [1.807, 2.05) is 0 Å². The molecular formula is C12H16N4O4. The van der Waals surface area contributed by atoms with Crippen molar-refractivity contribution in [2.45, 2.75) is 25.3 Å². The summed E-state index contributed by atoms with van der Waals surface area (Å²) in [5, 5.41) is 27.9. The maximum Gasteiger partial charge on any atom is 0.299 e. The Balaban J connectivity index is 2.02. The molecule has 0 spiro atoms. The van der Waals surface area contributed by atoms with Crippen molar-refractivity contribution in [1.82, 2.24) is 5.32 Å². The van der Waals surface area contributed by atoms with Gasteiger partial charge in [0.05, 0.1) is 15.9 Å². The fourth-order valence-corrected chi connectivity index (χ4v) is 2.32. The number of nitro benzene ring substituents is 2. The van der Waals surface area contributed by atoms with Crippen LogP contribution in [-0.2, 0) is 0 Å². The highest BCUT2D eigenvalue weighted by Gasteiger charge is 2.19. The monoisotopic (exact) mass is 280 g/mol. The van der Waals surface area contributed by atoms with Crippen LogP contribution in [0.4, 0.5) is 17.1 Å². The van der Waals surface area contributed by atoms with E-state index < -0.39 is 9.85 Å². The van der Waals surface area contributed by atoms with Gasteiger partial charge in [-0.05, 0) is 31.9 Å². The lowest BCUT2D eigenvalue weighted by molar-refractivity contribution is -0.393. The number of rotatable bonds is 6. The van der Waals surface area contributed by atoms with Gasteiger partial charge in [-0.15, -0.1) is 0 Å². The van der Waals surface area contributed by atoms with Crippen LogP contribution in [0.1, 0.15) is 19.3 Å². The molecule has 0 bridgehead atoms. The average Bonchev–Trinajstić information content (AvgIpc) is 2.91. The quantitative estimate of drug-likeness (QED) is 0.609. The molecule has 0 saturated carbocycles. The smallest absolute Gasteiger partial charge is 0.299 e. The summed E-state index contributed by atoms with van der Waals surface area (Å²) in [4.78, 5) is 20.3. The van der Waals surface area contributed by atoms with Gasteiger partial charge in [0, 0.05) is 18.7 Å². The molecular weight excluding hydrogens is 264 g/mol. The van der Waals surface area contributed by atoms with Crippen LogP contribution < -0.4 is 10.6 Å². The highest BCUT2D eigenvalue weighted by molar-refractivity contribution is 5.65. The van der Waals surface area contributed by atoms with Gasteiger partial charge in [-0.25, -0.2) is 0 Å². The van der Waals surface area contributed by atoms with Crippen molar-refractivity contribution in [2.24, 2.45) is 0 Å². The standard InChI is InChI=1S/C12H16N4O4/c17-15(18)10-3-4-11(12(8-10)16(19)20)14-7-5-9-2-1-6-13-9/h3-4,8-9,13-14H,1-2,5-7H2/t9-/m0/s1. The van der Waals surface area contributed by atoms with E-state index >= 15 is 0 Å². The maximum atomic E-state index is 10.9. The highest BCUT2D eigenvalue weighted by atomic mass is 16.6.